The zero-order valence-electron chi connectivity index (χ0n) is 18.9. The zero-order valence-corrected chi connectivity index (χ0v) is 19.7. The monoisotopic (exact) mass is 457 g/mol. The van der Waals surface area contributed by atoms with Gasteiger partial charge in [0.25, 0.3) is 0 Å². The molecule has 7 heteroatoms. The number of ether oxygens (including phenoxy) is 1. The Morgan fingerprint density at radius 2 is 1.84 bits per heavy atom. The molecule has 0 bridgehead atoms. The van der Waals surface area contributed by atoms with E-state index in [-0.39, 0.29) is 18.1 Å². The molecule has 174 valence electrons. The summed E-state index contributed by atoms with van der Waals surface area (Å²) in [4.78, 5) is 6.60. The van der Waals surface area contributed by atoms with Gasteiger partial charge in [0.15, 0.2) is 0 Å². The highest BCUT2D eigenvalue weighted by atomic mass is 32.2. The van der Waals surface area contributed by atoms with Crippen molar-refractivity contribution in [2.45, 2.75) is 56.7 Å². The summed E-state index contributed by atoms with van der Waals surface area (Å²) in [5.41, 5.74) is 2.61. The summed E-state index contributed by atoms with van der Waals surface area (Å²) in [5, 5.41) is 0. The molecule has 2 fully saturated rings. The standard InChI is InChI=1S/C25H35N3O3S/c1-32(29,30)27-25-13-15-28(17-20-6-5-14-26-16-20)18-23(25)19-31-24-11-9-22(10-12-24)21-7-3-2-4-8-21/h2-8,14,16,22-25,27H,9-13,15,17-19H2,1H3/t22?,23-,24?,25-/m0/s1. The molecule has 2 heterocycles. The Kier molecular flexibility index (Phi) is 7.94. The topological polar surface area (TPSA) is 71.5 Å². The minimum atomic E-state index is -3.25. The molecule has 0 unspecified atom stereocenters. The highest BCUT2D eigenvalue weighted by molar-refractivity contribution is 7.88. The lowest BCUT2D eigenvalue weighted by Crippen LogP contribution is -2.52. The Morgan fingerprint density at radius 3 is 2.53 bits per heavy atom. The van der Waals surface area contributed by atoms with E-state index in [1.165, 1.54) is 17.4 Å². The van der Waals surface area contributed by atoms with E-state index in [1.54, 1.807) is 6.20 Å². The summed E-state index contributed by atoms with van der Waals surface area (Å²) < 4.78 is 33.1. The number of hydrogen-bond acceptors (Lipinski definition) is 5. The first kappa shape index (κ1) is 23.4. The number of rotatable bonds is 8. The number of benzene rings is 1. The molecule has 0 spiro atoms. The summed E-state index contributed by atoms with van der Waals surface area (Å²) in [6.45, 7) is 3.11. The van der Waals surface area contributed by atoms with Crippen LogP contribution in [0.4, 0.5) is 0 Å². The fourth-order valence-corrected chi connectivity index (χ4v) is 6.01. The number of nitrogens with zero attached hydrogens (tertiary/aromatic N) is 2. The Labute approximate surface area is 192 Å². The van der Waals surface area contributed by atoms with Crippen LogP contribution in [0.25, 0.3) is 0 Å². The van der Waals surface area contributed by atoms with Crippen LogP contribution < -0.4 is 4.72 Å². The van der Waals surface area contributed by atoms with Crippen LogP contribution in [0, 0.1) is 5.92 Å². The quantitative estimate of drug-likeness (QED) is 0.656. The smallest absolute Gasteiger partial charge is 0.208 e. The number of sulfonamides is 1. The molecule has 0 radical (unpaired) electrons. The second kappa shape index (κ2) is 10.9. The minimum absolute atomic E-state index is 0.0733. The average molecular weight is 458 g/mol. The number of pyridine rings is 1. The Morgan fingerprint density at radius 1 is 1.06 bits per heavy atom. The van der Waals surface area contributed by atoms with Gasteiger partial charge in [0.05, 0.1) is 19.0 Å². The van der Waals surface area contributed by atoms with Crippen molar-refractivity contribution in [2.75, 3.05) is 26.0 Å². The number of aromatic nitrogens is 1. The van der Waals surface area contributed by atoms with Crippen LogP contribution in [0.1, 0.15) is 49.1 Å². The van der Waals surface area contributed by atoms with Gasteiger partial charge in [-0.15, -0.1) is 0 Å². The number of hydrogen-bond donors (Lipinski definition) is 1. The fourth-order valence-electron chi connectivity index (χ4n) is 5.15. The predicted octanol–water partition coefficient (Wildman–Crippen LogP) is 3.56. The molecule has 4 rings (SSSR count). The van der Waals surface area contributed by atoms with Crippen LogP contribution in [0.15, 0.2) is 54.9 Å². The van der Waals surface area contributed by atoms with E-state index in [4.69, 9.17) is 4.74 Å². The third-order valence-corrected chi connectivity index (χ3v) is 7.53. The second-order valence-electron chi connectivity index (χ2n) is 9.36. The molecule has 0 amide bonds. The average Bonchev–Trinajstić information content (AvgIpc) is 2.80. The maximum atomic E-state index is 11.9. The highest BCUT2D eigenvalue weighted by Gasteiger charge is 2.32. The third-order valence-electron chi connectivity index (χ3n) is 6.80. The van der Waals surface area contributed by atoms with E-state index in [9.17, 15) is 8.42 Å². The Balaban J connectivity index is 1.32. The maximum absolute atomic E-state index is 11.9. The summed E-state index contributed by atoms with van der Waals surface area (Å²) >= 11 is 0. The van der Waals surface area contributed by atoms with Crippen LogP contribution in [0.2, 0.25) is 0 Å². The summed E-state index contributed by atoms with van der Waals surface area (Å²) in [6.07, 6.45) is 10.4. The zero-order chi connectivity index (χ0) is 22.4. The molecule has 32 heavy (non-hydrogen) atoms. The van der Waals surface area contributed by atoms with Crippen molar-refractivity contribution in [3.63, 3.8) is 0 Å². The van der Waals surface area contributed by atoms with Gasteiger partial charge < -0.3 is 4.74 Å². The minimum Gasteiger partial charge on any atom is -0.378 e. The van der Waals surface area contributed by atoms with Gasteiger partial charge in [0.2, 0.25) is 10.0 Å². The third kappa shape index (κ3) is 6.85. The number of nitrogens with one attached hydrogen (secondary N) is 1. The molecule has 1 saturated carbocycles. The van der Waals surface area contributed by atoms with E-state index >= 15 is 0 Å². The molecule has 1 saturated heterocycles. The number of piperidine rings is 1. The first-order valence-corrected chi connectivity index (χ1v) is 13.6. The fraction of sp³-hybridized carbons (Fsp3) is 0.560. The predicted molar refractivity (Wildman–Crippen MR) is 127 cm³/mol. The molecule has 1 aliphatic carbocycles. The van der Waals surface area contributed by atoms with Gasteiger partial charge in [-0.2, -0.15) is 0 Å². The Bertz CT molecular complexity index is 931. The van der Waals surface area contributed by atoms with Crippen LogP contribution in [0.3, 0.4) is 0 Å². The van der Waals surface area contributed by atoms with Gasteiger partial charge in [-0.3, -0.25) is 9.88 Å². The van der Waals surface area contributed by atoms with Crippen LogP contribution in [-0.2, 0) is 21.3 Å². The lowest BCUT2D eigenvalue weighted by atomic mass is 9.82. The van der Waals surface area contributed by atoms with E-state index in [2.05, 4.69) is 51.0 Å². The highest BCUT2D eigenvalue weighted by Crippen LogP contribution is 2.34. The van der Waals surface area contributed by atoms with Crippen molar-refractivity contribution in [3.8, 4) is 0 Å². The van der Waals surface area contributed by atoms with E-state index in [1.807, 2.05) is 12.3 Å². The second-order valence-corrected chi connectivity index (χ2v) is 11.1. The summed E-state index contributed by atoms with van der Waals surface area (Å²) in [7, 11) is -3.25. The Hall–Kier alpha value is -1.80. The van der Waals surface area contributed by atoms with Crippen molar-refractivity contribution >= 4 is 10.0 Å². The first-order valence-electron chi connectivity index (χ1n) is 11.7. The van der Waals surface area contributed by atoms with Crippen molar-refractivity contribution in [3.05, 3.63) is 66.0 Å². The molecule has 1 aliphatic heterocycles. The van der Waals surface area contributed by atoms with Crippen LogP contribution in [0.5, 0.6) is 0 Å². The van der Waals surface area contributed by atoms with Crippen LogP contribution in [-0.4, -0.2) is 56.4 Å². The molecule has 2 atom stereocenters. The van der Waals surface area contributed by atoms with E-state index in [0.29, 0.717) is 12.5 Å². The van der Waals surface area contributed by atoms with Crippen molar-refractivity contribution in [1.29, 1.82) is 0 Å². The van der Waals surface area contributed by atoms with E-state index < -0.39 is 10.0 Å². The van der Waals surface area contributed by atoms with Gasteiger partial charge in [-0.25, -0.2) is 13.1 Å². The normalized spacial score (nSPS) is 27.3. The molecular formula is C25H35N3O3S. The molecule has 1 N–H and O–H groups in total. The van der Waals surface area contributed by atoms with Gasteiger partial charge >= 0.3 is 0 Å². The van der Waals surface area contributed by atoms with Gasteiger partial charge in [0, 0.05) is 44.0 Å². The molecule has 2 aliphatic rings. The summed E-state index contributed by atoms with van der Waals surface area (Å²) in [5.74, 6) is 0.766. The lowest BCUT2D eigenvalue weighted by Gasteiger charge is -2.39. The number of likely N-dealkylation sites (tertiary alicyclic amines) is 1. The van der Waals surface area contributed by atoms with Crippen molar-refractivity contribution in [2.24, 2.45) is 5.92 Å². The van der Waals surface area contributed by atoms with Crippen LogP contribution >= 0.6 is 0 Å². The largest absolute Gasteiger partial charge is 0.378 e. The first-order chi connectivity index (χ1) is 15.5. The molecular weight excluding hydrogens is 422 g/mol. The molecule has 1 aromatic heterocycles. The molecule has 6 nitrogen and oxygen atoms in total. The van der Waals surface area contributed by atoms with Gasteiger partial charge in [-0.05, 0) is 55.2 Å². The lowest BCUT2D eigenvalue weighted by molar-refractivity contribution is -0.0179. The SMILES string of the molecule is CS(=O)(=O)N[C@H]1CCN(Cc2cccnc2)C[C@H]1COC1CCC(c2ccccc2)CC1. The molecule has 2 aromatic rings. The van der Waals surface area contributed by atoms with Gasteiger partial charge in [-0.1, -0.05) is 36.4 Å². The van der Waals surface area contributed by atoms with Gasteiger partial charge in [0.1, 0.15) is 0 Å². The van der Waals surface area contributed by atoms with Crippen molar-refractivity contribution < 1.29 is 13.2 Å². The summed E-state index contributed by atoms with van der Waals surface area (Å²) in [6, 6.07) is 14.7. The molecule has 1 aromatic carbocycles. The maximum Gasteiger partial charge on any atom is 0.208 e. The van der Waals surface area contributed by atoms with E-state index in [0.717, 1.165) is 51.7 Å². The van der Waals surface area contributed by atoms with Crippen molar-refractivity contribution in [1.82, 2.24) is 14.6 Å².